The molecule has 1 fully saturated rings. The van der Waals surface area contributed by atoms with Gasteiger partial charge in [-0.05, 0) is 17.4 Å². The summed E-state index contributed by atoms with van der Waals surface area (Å²) < 4.78 is 0. The first-order chi connectivity index (χ1) is 8.72. The van der Waals surface area contributed by atoms with Crippen LogP contribution in [-0.4, -0.2) is 29.0 Å². The number of nitrogens with zero attached hydrogens (tertiary/aromatic N) is 2. The maximum atomic E-state index is 6.05. The number of thiazole rings is 1. The second-order valence-corrected chi connectivity index (χ2v) is 6.87. The lowest BCUT2D eigenvalue weighted by molar-refractivity contribution is 0.321. The van der Waals surface area contributed by atoms with Crippen LogP contribution in [0, 0.1) is 5.92 Å². The summed E-state index contributed by atoms with van der Waals surface area (Å²) in [7, 11) is 0. The van der Waals surface area contributed by atoms with Crippen molar-refractivity contribution in [1.29, 1.82) is 0 Å². The molecule has 2 atom stereocenters. The van der Waals surface area contributed by atoms with Crippen molar-refractivity contribution >= 4 is 35.1 Å². The van der Waals surface area contributed by atoms with Gasteiger partial charge < -0.3 is 5.73 Å². The Bertz CT molecular complexity index is 502. The molecule has 3 heterocycles. The van der Waals surface area contributed by atoms with E-state index in [1.165, 1.54) is 10.4 Å². The lowest BCUT2D eigenvalue weighted by Crippen LogP contribution is -2.28. The maximum absolute atomic E-state index is 6.05. The summed E-state index contributed by atoms with van der Waals surface area (Å²) in [6.45, 7) is 5.33. The average Bonchev–Trinajstić information content (AvgIpc) is 3.02. The van der Waals surface area contributed by atoms with Gasteiger partial charge in [0.25, 0.3) is 0 Å². The third-order valence-electron chi connectivity index (χ3n) is 3.45. The van der Waals surface area contributed by atoms with E-state index in [9.17, 15) is 0 Å². The predicted octanol–water partition coefficient (Wildman–Crippen LogP) is 3.07. The summed E-state index contributed by atoms with van der Waals surface area (Å²) in [5, 5.41) is 5.37. The van der Waals surface area contributed by atoms with Crippen LogP contribution in [0.15, 0.2) is 23.0 Å². The standard InChI is InChI=1S/C13H17N3S2.ClH/c1-9-5-16(7-12(9)14)6-11-4-15-13(18-11)10-2-3-17-8-10;/h2-4,8-9,12H,5-7,14H2,1H3;1H. The van der Waals surface area contributed by atoms with E-state index in [1.54, 1.807) is 22.7 Å². The first-order valence-corrected chi connectivity index (χ1v) is 7.93. The van der Waals surface area contributed by atoms with E-state index in [-0.39, 0.29) is 12.4 Å². The van der Waals surface area contributed by atoms with Gasteiger partial charge in [-0.3, -0.25) is 4.90 Å². The van der Waals surface area contributed by atoms with Gasteiger partial charge in [-0.15, -0.1) is 23.7 Å². The molecule has 3 nitrogen and oxygen atoms in total. The van der Waals surface area contributed by atoms with Crippen LogP contribution in [0.1, 0.15) is 11.8 Å². The van der Waals surface area contributed by atoms with E-state index in [0.717, 1.165) is 24.6 Å². The molecule has 3 rings (SSSR count). The number of halogens is 1. The Morgan fingerprint density at radius 2 is 2.32 bits per heavy atom. The van der Waals surface area contributed by atoms with Gasteiger partial charge in [0, 0.05) is 47.7 Å². The van der Waals surface area contributed by atoms with Crippen LogP contribution in [0.4, 0.5) is 0 Å². The van der Waals surface area contributed by atoms with Crippen molar-refractivity contribution in [2.45, 2.75) is 19.5 Å². The van der Waals surface area contributed by atoms with Crippen LogP contribution in [0.2, 0.25) is 0 Å². The Morgan fingerprint density at radius 3 is 2.95 bits per heavy atom. The summed E-state index contributed by atoms with van der Waals surface area (Å²) in [6.07, 6.45) is 2.01. The molecule has 6 heteroatoms. The fourth-order valence-corrected chi connectivity index (χ4v) is 4.01. The molecule has 0 amide bonds. The van der Waals surface area contributed by atoms with Crippen LogP contribution >= 0.6 is 35.1 Å². The zero-order valence-corrected chi connectivity index (χ0v) is 13.2. The van der Waals surface area contributed by atoms with Crippen molar-refractivity contribution in [2.24, 2.45) is 11.7 Å². The van der Waals surface area contributed by atoms with Gasteiger partial charge in [-0.25, -0.2) is 4.98 Å². The molecule has 1 aliphatic heterocycles. The lowest BCUT2D eigenvalue weighted by Gasteiger charge is -2.12. The van der Waals surface area contributed by atoms with Crippen LogP contribution in [0.25, 0.3) is 10.6 Å². The normalized spacial score (nSPS) is 23.5. The van der Waals surface area contributed by atoms with Gasteiger partial charge in [0.05, 0.1) is 0 Å². The summed E-state index contributed by atoms with van der Waals surface area (Å²) >= 11 is 3.51. The Labute approximate surface area is 127 Å². The van der Waals surface area contributed by atoms with E-state index >= 15 is 0 Å². The average molecular weight is 316 g/mol. The highest BCUT2D eigenvalue weighted by atomic mass is 35.5. The van der Waals surface area contributed by atoms with Crippen LogP contribution in [0.5, 0.6) is 0 Å². The summed E-state index contributed by atoms with van der Waals surface area (Å²) in [5.74, 6) is 0.606. The smallest absolute Gasteiger partial charge is 0.124 e. The number of rotatable bonds is 3. The largest absolute Gasteiger partial charge is 0.326 e. The third-order valence-corrected chi connectivity index (χ3v) is 5.16. The van der Waals surface area contributed by atoms with Gasteiger partial charge in [-0.1, -0.05) is 6.92 Å². The molecular formula is C13H18ClN3S2. The molecule has 1 saturated heterocycles. The van der Waals surface area contributed by atoms with Crippen molar-refractivity contribution in [3.63, 3.8) is 0 Å². The predicted molar refractivity (Wildman–Crippen MR) is 85.1 cm³/mol. The summed E-state index contributed by atoms with van der Waals surface area (Å²) in [4.78, 5) is 8.27. The number of nitrogens with two attached hydrogens (primary N) is 1. The first kappa shape index (κ1) is 14.9. The third kappa shape index (κ3) is 3.35. The number of hydrogen-bond donors (Lipinski definition) is 1. The Balaban J connectivity index is 0.00000133. The fourth-order valence-electron chi connectivity index (χ4n) is 2.34. The van der Waals surface area contributed by atoms with Gasteiger partial charge in [0.15, 0.2) is 0 Å². The molecule has 1 aliphatic rings. The van der Waals surface area contributed by atoms with E-state index in [1.807, 2.05) is 6.20 Å². The molecule has 0 aliphatic carbocycles. The van der Waals surface area contributed by atoms with Crippen molar-refractivity contribution < 1.29 is 0 Å². The van der Waals surface area contributed by atoms with Gasteiger partial charge >= 0.3 is 0 Å². The highest BCUT2D eigenvalue weighted by Gasteiger charge is 2.26. The quantitative estimate of drug-likeness (QED) is 0.946. The molecule has 2 aromatic rings. The van der Waals surface area contributed by atoms with Gasteiger partial charge in [0.2, 0.25) is 0 Å². The number of hydrogen-bond acceptors (Lipinski definition) is 5. The summed E-state index contributed by atoms with van der Waals surface area (Å²) in [5.41, 5.74) is 7.29. The van der Waals surface area contributed by atoms with Gasteiger partial charge in [0.1, 0.15) is 5.01 Å². The highest BCUT2D eigenvalue weighted by molar-refractivity contribution is 7.15. The molecule has 0 bridgehead atoms. The van der Waals surface area contributed by atoms with Crippen LogP contribution in [0.3, 0.4) is 0 Å². The first-order valence-electron chi connectivity index (χ1n) is 6.17. The molecule has 2 unspecified atom stereocenters. The molecule has 2 aromatic heterocycles. The van der Waals surface area contributed by atoms with Crippen molar-refractivity contribution in [2.75, 3.05) is 13.1 Å². The molecule has 19 heavy (non-hydrogen) atoms. The monoisotopic (exact) mass is 315 g/mol. The maximum Gasteiger partial charge on any atom is 0.124 e. The minimum Gasteiger partial charge on any atom is -0.326 e. The topological polar surface area (TPSA) is 42.2 Å². The van der Waals surface area contributed by atoms with Crippen LogP contribution < -0.4 is 5.73 Å². The Hall–Kier alpha value is -0.460. The molecule has 0 saturated carbocycles. The lowest BCUT2D eigenvalue weighted by atomic mass is 10.1. The van der Waals surface area contributed by atoms with E-state index in [0.29, 0.717) is 12.0 Å². The molecule has 104 valence electrons. The Kier molecular flexibility index (Phi) is 4.97. The van der Waals surface area contributed by atoms with Gasteiger partial charge in [-0.2, -0.15) is 11.3 Å². The van der Waals surface area contributed by atoms with E-state index < -0.39 is 0 Å². The fraction of sp³-hybridized carbons (Fsp3) is 0.462. The number of likely N-dealkylation sites (tertiary alicyclic amines) is 1. The highest BCUT2D eigenvalue weighted by Crippen LogP contribution is 2.28. The second-order valence-electron chi connectivity index (χ2n) is 4.98. The number of aromatic nitrogens is 1. The molecule has 0 spiro atoms. The molecule has 2 N–H and O–H groups in total. The molecular weight excluding hydrogens is 298 g/mol. The van der Waals surface area contributed by atoms with E-state index in [2.05, 4.69) is 33.6 Å². The van der Waals surface area contributed by atoms with Crippen molar-refractivity contribution in [1.82, 2.24) is 9.88 Å². The number of thiophene rings is 1. The van der Waals surface area contributed by atoms with Crippen LogP contribution in [-0.2, 0) is 6.54 Å². The molecule has 0 radical (unpaired) electrons. The van der Waals surface area contributed by atoms with Crippen molar-refractivity contribution in [3.05, 3.63) is 27.9 Å². The minimum absolute atomic E-state index is 0. The minimum atomic E-state index is 0. The molecule has 0 aromatic carbocycles. The SMILES string of the molecule is CC1CN(Cc2cnc(-c3ccsc3)s2)CC1N.Cl. The van der Waals surface area contributed by atoms with Crippen molar-refractivity contribution in [3.8, 4) is 10.6 Å². The second kappa shape index (κ2) is 6.33. The zero-order chi connectivity index (χ0) is 12.5. The van der Waals surface area contributed by atoms with E-state index in [4.69, 9.17) is 5.73 Å². The Morgan fingerprint density at radius 1 is 1.47 bits per heavy atom. The summed E-state index contributed by atoms with van der Waals surface area (Å²) in [6, 6.07) is 2.45. The zero-order valence-electron chi connectivity index (χ0n) is 10.8.